The van der Waals surface area contributed by atoms with Gasteiger partial charge in [-0.3, -0.25) is 4.98 Å². The van der Waals surface area contributed by atoms with Crippen LogP contribution in [0.25, 0.3) is 5.57 Å². The van der Waals surface area contributed by atoms with E-state index >= 15 is 0 Å². The van der Waals surface area contributed by atoms with E-state index in [-0.39, 0.29) is 11.7 Å². The van der Waals surface area contributed by atoms with Gasteiger partial charge in [-0.25, -0.2) is 4.79 Å². The fourth-order valence-electron chi connectivity index (χ4n) is 4.42. The molecule has 0 atom stereocenters. The average Bonchev–Trinajstić information content (AvgIpc) is 2.69. The van der Waals surface area contributed by atoms with Crippen molar-refractivity contribution in [1.29, 1.82) is 0 Å². The molecule has 3 aliphatic rings. The molecule has 2 aliphatic heterocycles. The number of piperidine rings is 1. The third kappa shape index (κ3) is 4.77. The Morgan fingerprint density at radius 3 is 2.50 bits per heavy atom. The molecule has 2 saturated heterocycles. The Hall–Kier alpha value is -2.56. The van der Waals surface area contributed by atoms with Crippen LogP contribution in [0, 0.1) is 0 Å². The van der Waals surface area contributed by atoms with E-state index in [1.54, 1.807) is 0 Å². The standard InChI is InChI=1S/C25H32N2O3/c1-24(2,3)30-23(28)27-17-13-25(14-18-27)12-9-21-6-4-5-19(7-8-22(21)29-25)20-10-15-26-16-11-20/h6-8,10-11,15-16H,4-5,9,12-14,17-18H2,1-3H3/b19-7+,21-6?,22-8+. The minimum Gasteiger partial charge on any atom is -0.487 e. The molecule has 3 heterocycles. The molecule has 1 aromatic rings. The smallest absolute Gasteiger partial charge is 0.410 e. The van der Waals surface area contributed by atoms with Gasteiger partial charge in [0, 0.05) is 38.3 Å². The van der Waals surface area contributed by atoms with E-state index in [1.165, 1.54) is 16.7 Å². The first-order valence-electron chi connectivity index (χ1n) is 11.0. The van der Waals surface area contributed by atoms with Gasteiger partial charge in [-0.2, -0.15) is 0 Å². The summed E-state index contributed by atoms with van der Waals surface area (Å²) in [7, 11) is 0. The highest BCUT2D eigenvalue weighted by molar-refractivity contribution is 5.68. The number of rotatable bonds is 1. The Morgan fingerprint density at radius 1 is 1.07 bits per heavy atom. The van der Waals surface area contributed by atoms with Crippen LogP contribution < -0.4 is 0 Å². The van der Waals surface area contributed by atoms with Crippen molar-refractivity contribution >= 4 is 11.7 Å². The highest BCUT2D eigenvalue weighted by Crippen LogP contribution is 2.42. The number of nitrogens with zero attached hydrogens (tertiary/aromatic N) is 2. The molecular formula is C25H32N2O3. The molecule has 0 unspecified atom stereocenters. The van der Waals surface area contributed by atoms with Gasteiger partial charge in [-0.05, 0) is 81.4 Å². The van der Waals surface area contributed by atoms with Gasteiger partial charge >= 0.3 is 6.09 Å². The SMILES string of the molecule is CC(C)(C)OC(=O)N1CCC2(CCC3=CCC/C(c4ccncc4)=C\C=C/3O2)CC1. The largest absolute Gasteiger partial charge is 0.487 e. The molecule has 1 amide bonds. The van der Waals surface area contributed by atoms with E-state index in [1.807, 2.05) is 38.1 Å². The van der Waals surface area contributed by atoms with Gasteiger partial charge in [0.05, 0.1) is 0 Å². The first-order chi connectivity index (χ1) is 14.3. The van der Waals surface area contributed by atoms with Crippen LogP contribution in [0.1, 0.15) is 64.9 Å². The van der Waals surface area contributed by atoms with Crippen LogP contribution >= 0.6 is 0 Å². The Labute approximate surface area is 179 Å². The van der Waals surface area contributed by atoms with Crippen LogP contribution in [0.2, 0.25) is 0 Å². The fraction of sp³-hybridized carbons (Fsp3) is 0.520. The highest BCUT2D eigenvalue weighted by Gasteiger charge is 2.42. The van der Waals surface area contributed by atoms with Crippen LogP contribution in [-0.4, -0.2) is 40.3 Å². The summed E-state index contributed by atoms with van der Waals surface area (Å²) in [6, 6.07) is 4.12. The highest BCUT2D eigenvalue weighted by atomic mass is 16.6. The van der Waals surface area contributed by atoms with Crippen molar-refractivity contribution in [2.24, 2.45) is 0 Å². The third-order valence-corrected chi connectivity index (χ3v) is 6.11. The second-order valence-electron chi connectivity index (χ2n) is 9.48. The maximum absolute atomic E-state index is 12.4. The van der Waals surface area contributed by atoms with Gasteiger partial charge in [0.15, 0.2) is 0 Å². The topological polar surface area (TPSA) is 51.7 Å². The lowest BCUT2D eigenvalue weighted by molar-refractivity contribution is -0.0647. The second kappa shape index (κ2) is 8.29. The summed E-state index contributed by atoms with van der Waals surface area (Å²) in [5.74, 6) is 0.998. The van der Waals surface area contributed by atoms with Gasteiger partial charge in [-0.15, -0.1) is 0 Å². The van der Waals surface area contributed by atoms with Crippen LogP contribution in [0.5, 0.6) is 0 Å². The molecule has 4 rings (SSSR count). The molecule has 1 aromatic heterocycles. The number of hydrogen-bond acceptors (Lipinski definition) is 4. The molecular weight excluding hydrogens is 376 g/mol. The minimum atomic E-state index is -0.463. The summed E-state index contributed by atoms with van der Waals surface area (Å²) in [4.78, 5) is 18.3. The van der Waals surface area contributed by atoms with Gasteiger partial charge < -0.3 is 14.4 Å². The molecule has 1 spiro atoms. The first kappa shape index (κ1) is 20.7. The Bertz CT molecular complexity index is 869. The predicted molar refractivity (Wildman–Crippen MR) is 118 cm³/mol. The zero-order valence-corrected chi connectivity index (χ0v) is 18.3. The number of carbonyl (C=O) groups is 1. The molecule has 0 saturated carbocycles. The van der Waals surface area contributed by atoms with E-state index in [4.69, 9.17) is 9.47 Å². The number of pyridine rings is 1. The van der Waals surface area contributed by atoms with Crippen molar-refractivity contribution in [3.8, 4) is 0 Å². The van der Waals surface area contributed by atoms with E-state index in [9.17, 15) is 4.79 Å². The number of likely N-dealkylation sites (tertiary alicyclic amines) is 1. The quantitative estimate of drug-likeness (QED) is 0.603. The summed E-state index contributed by atoms with van der Waals surface area (Å²) in [5, 5.41) is 0. The number of amides is 1. The fourth-order valence-corrected chi connectivity index (χ4v) is 4.42. The predicted octanol–water partition coefficient (Wildman–Crippen LogP) is 5.65. The van der Waals surface area contributed by atoms with Crippen molar-refractivity contribution in [1.82, 2.24) is 9.88 Å². The molecule has 2 fully saturated rings. The lowest BCUT2D eigenvalue weighted by Gasteiger charge is -2.45. The number of ether oxygens (including phenoxy) is 2. The molecule has 160 valence electrons. The van der Waals surface area contributed by atoms with Crippen molar-refractivity contribution in [3.05, 3.63) is 59.7 Å². The maximum Gasteiger partial charge on any atom is 0.410 e. The number of allylic oxidation sites excluding steroid dienone is 5. The van der Waals surface area contributed by atoms with E-state index in [0.29, 0.717) is 13.1 Å². The first-order valence-corrected chi connectivity index (χ1v) is 11.0. The van der Waals surface area contributed by atoms with Crippen molar-refractivity contribution in [2.45, 2.75) is 70.5 Å². The summed E-state index contributed by atoms with van der Waals surface area (Å²) in [6.07, 6.45) is 15.9. The molecule has 0 aromatic carbocycles. The van der Waals surface area contributed by atoms with Gasteiger partial charge in [0.2, 0.25) is 0 Å². The molecule has 0 N–H and O–H groups in total. The molecule has 0 bridgehead atoms. The number of aromatic nitrogens is 1. The summed E-state index contributed by atoms with van der Waals surface area (Å²) >= 11 is 0. The van der Waals surface area contributed by atoms with Crippen LogP contribution in [0.3, 0.4) is 0 Å². The van der Waals surface area contributed by atoms with Gasteiger partial charge in [0.1, 0.15) is 17.0 Å². The van der Waals surface area contributed by atoms with Gasteiger partial charge in [0.25, 0.3) is 0 Å². The number of carbonyl (C=O) groups excluding carboxylic acids is 1. The van der Waals surface area contributed by atoms with Crippen LogP contribution in [-0.2, 0) is 9.47 Å². The van der Waals surface area contributed by atoms with Gasteiger partial charge in [-0.1, -0.05) is 12.2 Å². The Kier molecular flexibility index (Phi) is 5.72. The zero-order chi connectivity index (χ0) is 21.2. The molecule has 5 nitrogen and oxygen atoms in total. The maximum atomic E-state index is 12.4. The number of fused-ring (bicyclic) bond motifs is 1. The Morgan fingerprint density at radius 2 is 1.80 bits per heavy atom. The summed E-state index contributed by atoms with van der Waals surface area (Å²) in [6.45, 7) is 7.08. The average molecular weight is 409 g/mol. The van der Waals surface area contributed by atoms with Crippen LogP contribution in [0.15, 0.2) is 54.1 Å². The third-order valence-electron chi connectivity index (χ3n) is 6.11. The van der Waals surface area contributed by atoms with Crippen molar-refractivity contribution in [3.63, 3.8) is 0 Å². The summed E-state index contributed by atoms with van der Waals surface area (Å²) in [5.41, 5.74) is 3.21. The van der Waals surface area contributed by atoms with Crippen molar-refractivity contribution < 1.29 is 14.3 Å². The van der Waals surface area contributed by atoms with Crippen LogP contribution in [0.4, 0.5) is 4.79 Å². The monoisotopic (exact) mass is 408 g/mol. The van der Waals surface area contributed by atoms with E-state index < -0.39 is 5.60 Å². The molecule has 0 radical (unpaired) electrons. The van der Waals surface area contributed by atoms with E-state index in [0.717, 1.165) is 44.3 Å². The molecule has 1 aliphatic carbocycles. The normalized spacial score (nSPS) is 24.8. The Balaban J connectivity index is 1.46. The lowest BCUT2D eigenvalue weighted by atomic mass is 9.82. The minimum absolute atomic E-state index is 0.175. The zero-order valence-electron chi connectivity index (χ0n) is 18.3. The molecule has 5 heteroatoms. The molecule has 30 heavy (non-hydrogen) atoms. The summed E-state index contributed by atoms with van der Waals surface area (Å²) < 4.78 is 12.2. The van der Waals surface area contributed by atoms with Crippen molar-refractivity contribution in [2.75, 3.05) is 13.1 Å². The lowest BCUT2D eigenvalue weighted by Crippen LogP contribution is -2.50. The van der Waals surface area contributed by atoms with E-state index in [2.05, 4.69) is 35.3 Å². The number of hydrogen-bond donors (Lipinski definition) is 0. The second-order valence-corrected chi connectivity index (χ2v) is 9.48.